The van der Waals surface area contributed by atoms with Crippen LogP contribution in [0.4, 0.5) is 4.79 Å². The Bertz CT molecular complexity index is 320. The Hall–Kier alpha value is -1.30. The molecule has 0 aliphatic carbocycles. The first-order valence-corrected chi connectivity index (χ1v) is 6.87. The van der Waals surface area contributed by atoms with Crippen molar-refractivity contribution in [3.8, 4) is 0 Å². The molecule has 3 N–H and O–H groups in total. The SMILES string of the molecule is CC(C)C[C@@H](NC(=O)NCC1CCCN1C)C(=O)O. The maximum atomic E-state index is 11.7. The average Bonchev–Trinajstić information content (AvgIpc) is 2.70. The number of carbonyl (C=O) groups excluding carboxylic acids is 1. The lowest BCUT2D eigenvalue weighted by molar-refractivity contribution is -0.139. The smallest absolute Gasteiger partial charge is 0.326 e. The van der Waals surface area contributed by atoms with E-state index in [4.69, 9.17) is 5.11 Å². The first-order valence-electron chi connectivity index (χ1n) is 6.87. The van der Waals surface area contributed by atoms with E-state index in [1.54, 1.807) is 0 Å². The topological polar surface area (TPSA) is 81.7 Å². The molecule has 1 unspecified atom stereocenters. The minimum absolute atomic E-state index is 0.224. The van der Waals surface area contributed by atoms with Gasteiger partial charge in [-0.15, -0.1) is 0 Å². The van der Waals surface area contributed by atoms with E-state index >= 15 is 0 Å². The second-order valence-corrected chi connectivity index (χ2v) is 5.65. The fourth-order valence-electron chi connectivity index (χ4n) is 2.35. The Balaban J connectivity index is 2.33. The number of likely N-dealkylation sites (tertiary alicyclic amines) is 1. The summed E-state index contributed by atoms with van der Waals surface area (Å²) in [5, 5.41) is 14.3. The van der Waals surface area contributed by atoms with Crippen molar-refractivity contribution in [2.45, 2.75) is 45.2 Å². The van der Waals surface area contributed by atoms with E-state index in [-0.39, 0.29) is 5.92 Å². The molecule has 1 rings (SSSR count). The molecule has 19 heavy (non-hydrogen) atoms. The van der Waals surface area contributed by atoms with E-state index in [9.17, 15) is 9.59 Å². The molecule has 1 aliphatic heterocycles. The summed E-state index contributed by atoms with van der Waals surface area (Å²) in [5.74, 6) is -0.760. The number of carbonyl (C=O) groups is 2. The van der Waals surface area contributed by atoms with Crippen LogP contribution >= 0.6 is 0 Å². The van der Waals surface area contributed by atoms with Crippen molar-refractivity contribution < 1.29 is 14.7 Å². The molecule has 6 nitrogen and oxygen atoms in total. The molecule has 6 heteroatoms. The van der Waals surface area contributed by atoms with Crippen molar-refractivity contribution in [3.63, 3.8) is 0 Å². The lowest BCUT2D eigenvalue weighted by Gasteiger charge is -2.21. The van der Waals surface area contributed by atoms with Gasteiger partial charge in [-0.25, -0.2) is 9.59 Å². The third-order valence-corrected chi connectivity index (χ3v) is 3.48. The molecule has 1 saturated heterocycles. The van der Waals surface area contributed by atoms with Gasteiger partial charge in [-0.1, -0.05) is 13.8 Å². The summed E-state index contributed by atoms with van der Waals surface area (Å²) in [6, 6.07) is -0.853. The third-order valence-electron chi connectivity index (χ3n) is 3.48. The molecule has 2 atom stereocenters. The molecule has 0 aromatic carbocycles. The molecule has 1 heterocycles. The summed E-state index contributed by atoms with van der Waals surface area (Å²) in [6.07, 6.45) is 2.66. The van der Waals surface area contributed by atoms with E-state index < -0.39 is 18.0 Å². The van der Waals surface area contributed by atoms with Gasteiger partial charge in [0.25, 0.3) is 0 Å². The predicted molar refractivity (Wildman–Crippen MR) is 73.1 cm³/mol. The number of amides is 2. The highest BCUT2D eigenvalue weighted by atomic mass is 16.4. The monoisotopic (exact) mass is 271 g/mol. The van der Waals surface area contributed by atoms with Crippen LogP contribution in [-0.4, -0.2) is 54.2 Å². The summed E-state index contributed by atoms with van der Waals surface area (Å²) in [7, 11) is 2.04. The van der Waals surface area contributed by atoms with E-state index in [2.05, 4.69) is 15.5 Å². The summed E-state index contributed by atoms with van der Waals surface area (Å²) >= 11 is 0. The van der Waals surface area contributed by atoms with Crippen molar-refractivity contribution in [2.75, 3.05) is 20.1 Å². The van der Waals surface area contributed by atoms with Crippen molar-refractivity contribution in [2.24, 2.45) is 5.92 Å². The van der Waals surface area contributed by atoms with Gasteiger partial charge in [0.05, 0.1) is 0 Å². The van der Waals surface area contributed by atoms with Crippen LogP contribution in [0.5, 0.6) is 0 Å². The summed E-state index contributed by atoms with van der Waals surface area (Å²) < 4.78 is 0. The second kappa shape index (κ2) is 7.33. The molecule has 110 valence electrons. The molecule has 0 saturated carbocycles. The number of aliphatic carboxylic acids is 1. The van der Waals surface area contributed by atoms with Crippen LogP contribution in [0, 0.1) is 5.92 Å². The number of urea groups is 1. The summed E-state index contributed by atoms with van der Waals surface area (Å²) in [4.78, 5) is 24.9. The van der Waals surface area contributed by atoms with E-state index in [0.717, 1.165) is 19.4 Å². The fraction of sp³-hybridized carbons (Fsp3) is 0.846. The van der Waals surface area contributed by atoms with Gasteiger partial charge in [-0.05, 0) is 38.8 Å². The van der Waals surface area contributed by atoms with Crippen molar-refractivity contribution in [1.29, 1.82) is 0 Å². The Labute approximate surface area is 114 Å². The maximum Gasteiger partial charge on any atom is 0.326 e. The van der Waals surface area contributed by atoms with Gasteiger partial charge >= 0.3 is 12.0 Å². The Morgan fingerprint density at radius 2 is 2.11 bits per heavy atom. The number of likely N-dealkylation sites (N-methyl/N-ethyl adjacent to an activating group) is 1. The molecule has 0 spiro atoms. The highest BCUT2D eigenvalue weighted by Crippen LogP contribution is 2.13. The second-order valence-electron chi connectivity index (χ2n) is 5.65. The number of rotatable bonds is 6. The molecule has 1 fully saturated rings. The standard InChI is InChI=1S/C13H25N3O3/c1-9(2)7-11(12(17)18)15-13(19)14-8-10-5-4-6-16(10)3/h9-11H,4-8H2,1-3H3,(H,17,18)(H2,14,15,19)/t10?,11-/m1/s1. The normalized spacial score (nSPS) is 21.4. The van der Waals surface area contributed by atoms with Crippen LogP contribution in [0.25, 0.3) is 0 Å². The van der Waals surface area contributed by atoms with Gasteiger partial charge in [0.15, 0.2) is 0 Å². The lowest BCUT2D eigenvalue weighted by Crippen LogP contribution is -2.49. The molecule has 2 amide bonds. The Kier molecular flexibility index (Phi) is 6.08. The van der Waals surface area contributed by atoms with Gasteiger partial charge in [0.1, 0.15) is 6.04 Å². The Morgan fingerprint density at radius 1 is 1.42 bits per heavy atom. The summed E-state index contributed by atoms with van der Waals surface area (Å²) in [6.45, 7) is 5.49. The fourth-order valence-corrected chi connectivity index (χ4v) is 2.35. The van der Waals surface area contributed by atoms with E-state index in [1.807, 2.05) is 20.9 Å². The van der Waals surface area contributed by atoms with Gasteiger partial charge < -0.3 is 20.6 Å². The molecular formula is C13H25N3O3. The van der Waals surface area contributed by atoms with E-state index in [0.29, 0.717) is 19.0 Å². The number of hydrogen-bond acceptors (Lipinski definition) is 3. The average molecular weight is 271 g/mol. The highest BCUT2D eigenvalue weighted by Gasteiger charge is 2.23. The first-order chi connectivity index (χ1) is 8.90. The van der Waals surface area contributed by atoms with Gasteiger partial charge in [-0.2, -0.15) is 0 Å². The van der Waals surface area contributed by atoms with Crippen molar-refractivity contribution >= 4 is 12.0 Å². The van der Waals surface area contributed by atoms with Crippen LogP contribution in [0.1, 0.15) is 33.1 Å². The molecule has 0 aromatic rings. The zero-order chi connectivity index (χ0) is 14.4. The molecule has 0 radical (unpaired) electrons. The van der Waals surface area contributed by atoms with Crippen LogP contribution in [0.2, 0.25) is 0 Å². The van der Waals surface area contributed by atoms with Gasteiger partial charge in [-0.3, -0.25) is 0 Å². The number of carboxylic acids is 1. The van der Waals surface area contributed by atoms with Crippen LogP contribution in [0.15, 0.2) is 0 Å². The first kappa shape index (κ1) is 15.8. The molecule has 0 bridgehead atoms. The largest absolute Gasteiger partial charge is 0.480 e. The lowest BCUT2D eigenvalue weighted by atomic mass is 10.0. The van der Waals surface area contributed by atoms with Crippen LogP contribution < -0.4 is 10.6 Å². The summed E-state index contributed by atoms with van der Waals surface area (Å²) in [5.41, 5.74) is 0. The maximum absolute atomic E-state index is 11.7. The highest BCUT2D eigenvalue weighted by molar-refractivity contribution is 5.82. The van der Waals surface area contributed by atoms with Crippen LogP contribution in [-0.2, 0) is 4.79 Å². The quantitative estimate of drug-likeness (QED) is 0.670. The van der Waals surface area contributed by atoms with Gasteiger partial charge in [0, 0.05) is 12.6 Å². The van der Waals surface area contributed by atoms with Gasteiger partial charge in [0.2, 0.25) is 0 Å². The molecular weight excluding hydrogens is 246 g/mol. The van der Waals surface area contributed by atoms with Crippen molar-refractivity contribution in [3.05, 3.63) is 0 Å². The molecule has 0 aromatic heterocycles. The minimum atomic E-state index is -0.984. The Morgan fingerprint density at radius 3 is 2.58 bits per heavy atom. The van der Waals surface area contributed by atoms with Crippen LogP contribution in [0.3, 0.4) is 0 Å². The number of nitrogens with one attached hydrogen (secondary N) is 2. The number of carboxylic acid groups (broad SMARTS) is 1. The zero-order valence-corrected chi connectivity index (χ0v) is 12.0. The number of hydrogen-bond donors (Lipinski definition) is 3. The molecule has 1 aliphatic rings. The number of nitrogens with zero attached hydrogens (tertiary/aromatic N) is 1. The zero-order valence-electron chi connectivity index (χ0n) is 12.0. The third kappa shape index (κ3) is 5.46. The van der Waals surface area contributed by atoms with E-state index in [1.165, 1.54) is 0 Å². The van der Waals surface area contributed by atoms with Crippen molar-refractivity contribution in [1.82, 2.24) is 15.5 Å². The predicted octanol–water partition coefficient (Wildman–Crippen LogP) is 0.879. The minimum Gasteiger partial charge on any atom is -0.480 e.